The predicted octanol–water partition coefficient (Wildman–Crippen LogP) is 4.07. The number of fused-ring (bicyclic) bond motifs is 1. The average molecular weight is 388 g/mol. The molecule has 1 aromatic heterocycles. The predicted molar refractivity (Wildman–Crippen MR) is 110 cm³/mol. The lowest BCUT2D eigenvalue weighted by Crippen LogP contribution is -2.43. The molecule has 0 saturated heterocycles. The van der Waals surface area contributed by atoms with Gasteiger partial charge in [0.25, 0.3) is 0 Å². The zero-order valence-corrected chi connectivity index (χ0v) is 16.7. The molecule has 2 atom stereocenters. The van der Waals surface area contributed by atoms with Gasteiger partial charge in [-0.1, -0.05) is 48.0 Å². The fourth-order valence-electron chi connectivity index (χ4n) is 4.25. The van der Waals surface area contributed by atoms with E-state index in [0.717, 1.165) is 36.1 Å². The van der Waals surface area contributed by atoms with Gasteiger partial charge in [-0.25, -0.2) is 4.68 Å². The van der Waals surface area contributed by atoms with Gasteiger partial charge in [0, 0.05) is 11.5 Å². The minimum absolute atomic E-state index is 0.0572. The van der Waals surface area contributed by atoms with Crippen molar-refractivity contribution in [2.45, 2.75) is 38.3 Å². The van der Waals surface area contributed by atoms with Crippen LogP contribution in [0.1, 0.15) is 48.0 Å². The molecule has 3 aromatic rings. The maximum absolute atomic E-state index is 13.3. The summed E-state index contributed by atoms with van der Waals surface area (Å²) in [6.45, 7) is 2.08. The Bertz CT molecular complexity index is 1040. The summed E-state index contributed by atoms with van der Waals surface area (Å²) in [5.41, 5.74) is 3.38. The lowest BCUT2D eigenvalue weighted by molar-refractivity contribution is -0.120. The van der Waals surface area contributed by atoms with E-state index in [4.69, 9.17) is 4.74 Å². The molecule has 1 amide bonds. The molecule has 1 saturated carbocycles. The molecule has 1 aliphatic carbocycles. The number of para-hydroxylation sites is 1. The Hall–Kier alpha value is -3.15. The molecule has 5 rings (SSSR count). The Morgan fingerprint density at radius 3 is 2.55 bits per heavy atom. The standard InChI is InChI=1S/C23H24N4O2/c1-15-7-9-16(10-8-15)19-13-20(18-5-3-4-6-21(18)29-2)27-23(24-14-25-27)26(19)22(28)17-11-12-17/h3-10,14,17,19-20H,11-13H2,1-2H3/t19-,20-/m1/s1. The number of hydrogen-bond acceptors (Lipinski definition) is 4. The lowest BCUT2D eigenvalue weighted by atomic mass is 9.91. The van der Waals surface area contributed by atoms with E-state index in [1.807, 2.05) is 27.8 Å². The van der Waals surface area contributed by atoms with Crippen LogP contribution < -0.4 is 9.64 Å². The number of anilines is 1. The van der Waals surface area contributed by atoms with Crippen molar-refractivity contribution in [2.75, 3.05) is 12.0 Å². The molecular weight excluding hydrogens is 364 g/mol. The first-order valence-corrected chi connectivity index (χ1v) is 10.1. The Morgan fingerprint density at radius 1 is 1.07 bits per heavy atom. The van der Waals surface area contributed by atoms with Gasteiger partial charge in [0.15, 0.2) is 0 Å². The Kier molecular flexibility index (Phi) is 4.34. The summed E-state index contributed by atoms with van der Waals surface area (Å²) >= 11 is 0. The summed E-state index contributed by atoms with van der Waals surface area (Å²) in [5.74, 6) is 1.71. The molecule has 29 heavy (non-hydrogen) atoms. The van der Waals surface area contributed by atoms with E-state index in [-0.39, 0.29) is 23.9 Å². The van der Waals surface area contributed by atoms with E-state index in [0.29, 0.717) is 5.95 Å². The summed E-state index contributed by atoms with van der Waals surface area (Å²) < 4.78 is 7.51. The van der Waals surface area contributed by atoms with Gasteiger partial charge in [0.2, 0.25) is 11.9 Å². The van der Waals surface area contributed by atoms with Crippen molar-refractivity contribution in [3.63, 3.8) is 0 Å². The summed E-state index contributed by atoms with van der Waals surface area (Å²) in [6, 6.07) is 16.3. The van der Waals surface area contributed by atoms with Crippen molar-refractivity contribution in [3.05, 3.63) is 71.5 Å². The van der Waals surface area contributed by atoms with E-state index in [1.54, 1.807) is 13.4 Å². The number of nitrogens with zero attached hydrogens (tertiary/aromatic N) is 4. The van der Waals surface area contributed by atoms with Crippen LogP contribution in [0.3, 0.4) is 0 Å². The Morgan fingerprint density at radius 2 is 1.83 bits per heavy atom. The molecule has 0 N–H and O–H groups in total. The second-order valence-corrected chi connectivity index (χ2v) is 7.91. The number of carbonyl (C=O) groups is 1. The van der Waals surface area contributed by atoms with Gasteiger partial charge < -0.3 is 4.74 Å². The molecular formula is C23H24N4O2. The third-order valence-electron chi connectivity index (χ3n) is 5.95. The number of aromatic nitrogens is 3. The third kappa shape index (κ3) is 3.09. The van der Waals surface area contributed by atoms with Gasteiger partial charge in [0.1, 0.15) is 12.1 Å². The zero-order valence-electron chi connectivity index (χ0n) is 16.7. The molecule has 1 aliphatic heterocycles. The maximum Gasteiger partial charge on any atom is 0.233 e. The number of benzene rings is 2. The number of rotatable bonds is 4. The highest BCUT2D eigenvalue weighted by Gasteiger charge is 2.44. The molecule has 6 heteroatoms. The van der Waals surface area contributed by atoms with Gasteiger partial charge in [-0.05, 0) is 37.8 Å². The molecule has 2 aliphatic rings. The van der Waals surface area contributed by atoms with E-state index in [9.17, 15) is 4.79 Å². The quantitative estimate of drug-likeness (QED) is 0.676. The normalized spacial score (nSPS) is 21.0. The minimum atomic E-state index is -0.0877. The molecule has 2 aromatic carbocycles. The number of aryl methyl sites for hydroxylation is 1. The van der Waals surface area contributed by atoms with E-state index >= 15 is 0 Å². The van der Waals surface area contributed by atoms with Crippen LogP contribution in [-0.4, -0.2) is 27.8 Å². The maximum atomic E-state index is 13.3. The summed E-state index contributed by atoms with van der Waals surface area (Å²) in [7, 11) is 1.68. The fourth-order valence-corrected chi connectivity index (χ4v) is 4.25. The molecule has 1 fully saturated rings. The Labute approximate surface area is 170 Å². The summed E-state index contributed by atoms with van der Waals surface area (Å²) in [5, 5.41) is 4.50. The summed E-state index contributed by atoms with van der Waals surface area (Å²) in [6.07, 6.45) is 4.18. The number of hydrogen-bond donors (Lipinski definition) is 0. The smallest absolute Gasteiger partial charge is 0.233 e. The number of methoxy groups -OCH3 is 1. The first-order valence-electron chi connectivity index (χ1n) is 10.1. The van der Waals surface area contributed by atoms with Crippen molar-refractivity contribution in [1.29, 1.82) is 0 Å². The largest absolute Gasteiger partial charge is 0.496 e. The topological polar surface area (TPSA) is 60.2 Å². The minimum Gasteiger partial charge on any atom is -0.496 e. The average Bonchev–Trinajstić information content (AvgIpc) is 3.49. The van der Waals surface area contributed by atoms with Crippen LogP contribution in [0.4, 0.5) is 5.95 Å². The molecule has 0 radical (unpaired) electrons. The highest BCUT2D eigenvalue weighted by atomic mass is 16.5. The molecule has 0 unspecified atom stereocenters. The van der Waals surface area contributed by atoms with Crippen LogP contribution in [0.25, 0.3) is 0 Å². The van der Waals surface area contributed by atoms with Gasteiger partial charge in [0.05, 0.1) is 19.2 Å². The third-order valence-corrected chi connectivity index (χ3v) is 5.95. The fraction of sp³-hybridized carbons (Fsp3) is 0.348. The first-order chi connectivity index (χ1) is 14.2. The zero-order chi connectivity index (χ0) is 20.0. The van der Waals surface area contributed by atoms with E-state index in [2.05, 4.69) is 47.3 Å². The number of ether oxygens (including phenoxy) is 1. The first kappa shape index (κ1) is 17.9. The van der Waals surface area contributed by atoms with Crippen molar-refractivity contribution in [2.24, 2.45) is 5.92 Å². The summed E-state index contributed by atoms with van der Waals surface area (Å²) in [4.78, 5) is 19.6. The van der Waals surface area contributed by atoms with Crippen LogP contribution >= 0.6 is 0 Å². The highest BCUT2D eigenvalue weighted by molar-refractivity contribution is 5.96. The van der Waals surface area contributed by atoms with E-state index in [1.165, 1.54) is 5.56 Å². The molecule has 2 heterocycles. The van der Waals surface area contributed by atoms with Gasteiger partial charge in [-0.3, -0.25) is 9.69 Å². The van der Waals surface area contributed by atoms with Crippen LogP contribution in [0.2, 0.25) is 0 Å². The molecule has 6 nitrogen and oxygen atoms in total. The van der Waals surface area contributed by atoms with Crippen molar-refractivity contribution in [1.82, 2.24) is 14.8 Å². The monoisotopic (exact) mass is 388 g/mol. The number of amides is 1. The van der Waals surface area contributed by atoms with Gasteiger partial charge in [-0.2, -0.15) is 10.1 Å². The van der Waals surface area contributed by atoms with E-state index < -0.39 is 0 Å². The van der Waals surface area contributed by atoms with Crippen LogP contribution in [0, 0.1) is 12.8 Å². The highest BCUT2D eigenvalue weighted by Crippen LogP contribution is 2.46. The SMILES string of the molecule is COc1ccccc1[C@H]1C[C@H](c2ccc(C)cc2)N(C(=O)C2CC2)c2ncnn21. The van der Waals surface area contributed by atoms with Gasteiger partial charge >= 0.3 is 0 Å². The lowest BCUT2D eigenvalue weighted by Gasteiger charge is -2.39. The number of carbonyl (C=O) groups excluding carboxylic acids is 1. The van der Waals surface area contributed by atoms with Crippen molar-refractivity contribution in [3.8, 4) is 5.75 Å². The second-order valence-electron chi connectivity index (χ2n) is 7.91. The van der Waals surface area contributed by atoms with Gasteiger partial charge in [-0.15, -0.1) is 0 Å². The molecule has 0 bridgehead atoms. The van der Waals surface area contributed by atoms with Crippen molar-refractivity contribution >= 4 is 11.9 Å². The van der Waals surface area contributed by atoms with Crippen LogP contribution in [0.5, 0.6) is 5.75 Å². The molecule has 148 valence electrons. The van der Waals surface area contributed by atoms with Crippen LogP contribution in [-0.2, 0) is 4.79 Å². The molecule has 0 spiro atoms. The Balaban J connectivity index is 1.64. The second kappa shape index (κ2) is 7.03. The van der Waals surface area contributed by atoms with Crippen LogP contribution in [0.15, 0.2) is 54.9 Å². The van der Waals surface area contributed by atoms with Crippen molar-refractivity contribution < 1.29 is 9.53 Å².